The van der Waals surface area contributed by atoms with Gasteiger partial charge in [0.05, 0.1) is 12.1 Å². The van der Waals surface area contributed by atoms with Crippen molar-refractivity contribution in [2.45, 2.75) is 12.5 Å². The molecule has 2 heterocycles. The van der Waals surface area contributed by atoms with Gasteiger partial charge in [0.25, 0.3) is 5.56 Å². The third kappa shape index (κ3) is 1.08. The first kappa shape index (κ1) is 9.54. The summed E-state index contributed by atoms with van der Waals surface area (Å²) in [6.45, 7) is 0.222. The fourth-order valence-electron chi connectivity index (χ4n) is 2.43. The van der Waals surface area contributed by atoms with Crippen molar-refractivity contribution in [3.63, 3.8) is 0 Å². The first-order valence-corrected chi connectivity index (χ1v) is 5.15. The number of aromatic nitrogens is 1. The van der Waals surface area contributed by atoms with Crippen LogP contribution in [0.25, 0.3) is 10.9 Å². The second-order valence-corrected chi connectivity index (χ2v) is 4.06. The minimum atomic E-state index is -0.344. The predicted octanol–water partition coefficient (Wildman–Crippen LogP) is 1.23. The Balaban J connectivity index is 2.49. The number of nitrogens with zero attached hydrogens (tertiary/aromatic N) is 1. The standard InChI is InChI=1S/C12H10FNO2/c13-9-3-1-7-2-4-10(16)14-5-8(6-15)11(9)12(7)14/h1-4,8,15H,5-6H2/t8-/m0/s1. The molecule has 1 aliphatic heterocycles. The van der Waals surface area contributed by atoms with Gasteiger partial charge in [-0.2, -0.15) is 0 Å². The van der Waals surface area contributed by atoms with Gasteiger partial charge in [-0.25, -0.2) is 4.39 Å². The van der Waals surface area contributed by atoms with Crippen molar-refractivity contribution in [2.24, 2.45) is 0 Å². The third-order valence-electron chi connectivity index (χ3n) is 3.17. The van der Waals surface area contributed by atoms with E-state index in [9.17, 15) is 14.3 Å². The summed E-state index contributed by atoms with van der Waals surface area (Å²) < 4.78 is 15.2. The maximum absolute atomic E-state index is 13.7. The van der Waals surface area contributed by atoms with E-state index in [0.29, 0.717) is 17.6 Å². The number of pyridine rings is 1. The van der Waals surface area contributed by atoms with Crippen molar-refractivity contribution in [1.29, 1.82) is 0 Å². The van der Waals surface area contributed by atoms with Crippen molar-refractivity contribution in [3.05, 3.63) is 46.0 Å². The summed E-state index contributed by atoms with van der Waals surface area (Å²) in [6.07, 6.45) is 0. The summed E-state index contributed by atoms with van der Waals surface area (Å²) in [5.41, 5.74) is 0.958. The highest BCUT2D eigenvalue weighted by molar-refractivity contribution is 5.84. The highest BCUT2D eigenvalue weighted by Crippen LogP contribution is 2.33. The van der Waals surface area contributed by atoms with Gasteiger partial charge >= 0.3 is 0 Å². The van der Waals surface area contributed by atoms with Crippen LogP contribution in [0.15, 0.2) is 29.1 Å². The zero-order valence-corrected chi connectivity index (χ0v) is 8.48. The molecule has 1 aromatic heterocycles. The van der Waals surface area contributed by atoms with E-state index in [-0.39, 0.29) is 23.9 Å². The van der Waals surface area contributed by atoms with Crippen LogP contribution in [0.2, 0.25) is 0 Å². The molecule has 1 N–H and O–H groups in total. The number of halogens is 1. The van der Waals surface area contributed by atoms with Gasteiger partial charge in [-0.1, -0.05) is 0 Å². The fraction of sp³-hybridized carbons (Fsp3) is 0.250. The lowest BCUT2D eigenvalue weighted by Crippen LogP contribution is -2.17. The molecule has 0 amide bonds. The van der Waals surface area contributed by atoms with Gasteiger partial charge in [0.15, 0.2) is 0 Å². The van der Waals surface area contributed by atoms with E-state index in [2.05, 4.69) is 0 Å². The largest absolute Gasteiger partial charge is 0.396 e. The molecule has 0 aliphatic carbocycles. The summed E-state index contributed by atoms with van der Waals surface area (Å²) in [6, 6.07) is 6.21. The molecule has 1 aromatic carbocycles. The van der Waals surface area contributed by atoms with E-state index in [4.69, 9.17) is 0 Å². The maximum Gasteiger partial charge on any atom is 0.251 e. The molecule has 0 saturated heterocycles. The summed E-state index contributed by atoms with van der Waals surface area (Å²) in [5, 5.41) is 10.1. The molecule has 0 unspecified atom stereocenters. The van der Waals surface area contributed by atoms with E-state index in [1.165, 1.54) is 16.7 Å². The molecule has 3 rings (SSSR count). The predicted molar refractivity (Wildman–Crippen MR) is 58.0 cm³/mol. The molecule has 16 heavy (non-hydrogen) atoms. The van der Waals surface area contributed by atoms with E-state index in [0.717, 1.165) is 5.39 Å². The zero-order chi connectivity index (χ0) is 11.3. The van der Waals surface area contributed by atoms with Crippen LogP contribution in [0.1, 0.15) is 11.5 Å². The molecular weight excluding hydrogens is 209 g/mol. The van der Waals surface area contributed by atoms with E-state index in [1.54, 1.807) is 12.1 Å². The summed E-state index contributed by atoms with van der Waals surface area (Å²) in [5.74, 6) is -0.651. The second-order valence-electron chi connectivity index (χ2n) is 4.06. The Hall–Kier alpha value is -1.68. The molecule has 0 radical (unpaired) electrons. The number of benzene rings is 1. The molecule has 3 nitrogen and oxygen atoms in total. The van der Waals surface area contributed by atoms with Crippen LogP contribution >= 0.6 is 0 Å². The molecule has 0 bridgehead atoms. The van der Waals surface area contributed by atoms with Gasteiger partial charge in [-0.15, -0.1) is 0 Å². The average Bonchev–Trinajstić information content (AvgIpc) is 2.68. The Kier molecular flexibility index (Phi) is 1.88. The van der Waals surface area contributed by atoms with Crippen LogP contribution in [-0.2, 0) is 6.54 Å². The monoisotopic (exact) mass is 219 g/mol. The van der Waals surface area contributed by atoms with Crippen LogP contribution in [0.5, 0.6) is 0 Å². The van der Waals surface area contributed by atoms with Gasteiger partial charge in [0.2, 0.25) is 0 Å². The molecular formula is C12H10FNO2. The topological polar surface area (TPSA) is 42.2 Å². The summed E-state index contributed by atoms with van der Waals surface area (Å²) in [7, 11) is 0. The smallest absolute Gasteiger partial charge is 0.251 e. The first-order valence-electron chi connectivity index (χ1n) is 5.15. The summed E-state index contributed by atoms with van der Waals surface area (Å²) >= 11 is 0. The van der Waals surface area contributed by atoms with E-state index < -0.39 is 0 Å². The minimum absolute atomic E-state index is 0.142. The summed E-state index contributed by atoms with van der Waals surface area (Å²) in [4.78, 5) is 11.6. The van der Waals surface area contributed by atoms with Crippen molar-refractivity contribution >= 4 is 10.9 Å². The van der Waals surface area contributed by atoms with Gasteiger partial charge in [-0.05, 0) is 23.6 Å². The Morgan fingerprint density at radius 2 is 2.12 bits per heavy atom. The van der Waals surface area contributed by atoms with Gasteiger partial charge < -0.3 is 9.67 Å². The number of hydrogen-bond acceptors (Lipinski definition) is 2. The molecule has 0 spiro atoms. The van der Waals surface area contributed by atoms with Gasteiger partial charge in [0.1, 0.15) is 5.82 Å². The molecule has 82 valence electrons. The molecule has 0 fully saturated rings. The van der Waals surface area contributed by atoms with Crippen LogP contribution in [0.4, 0.5) is 4.39 Å². The maximum atomic E-state index is 13.7. The third-order valence-corrected chi connectivity index (χ3v) is 3.17. The number of rotatable bonds is 1. The molecule has 0 saturated carbocycles. The Morgan fingerprint density at radius 3 is 2.88 bits per heavy atom. The Morgan fingerprint density at radius 1 is 1.38 bits per heavy atom. The highest BCUT2D eigenvalue weighted by atomic mass is 19.1. The number of aliphatic hydroxyl groups is 1. The van der Waals surface area contributed by atoms with Crippen LogP contribution in [0, 0.1) is 5.82 Å². The Labute approximate surface area is 90.8 Å². The lowest BCUT2D eigenvalue weighted by molar-refractivity contribution is 0.257. The normalized spacial score (nSPS) is 18.2. The lowest BCUT2D eigenvalue weighted by Gasteiger charge is -2.06. The van der Waals surface area contributed by atoms with Crippen molar-refractivity contribution in [1.82, 2.24) is 4.57 Å². The van der Waals surface area contributed by atoms with E-state index in [1.807, 2.05) is 0 Å². The van der Waals surface area contributed by atoms with Crippen molar-refractivity contribution in [3.8, 4) is 0 Å². The fourth-order valence-corrected chi connectivity index (χ4v) is 2.43. The molecule has 1 atom stereocenters. The van der Waals surface area contributed by atoms with Crippen LogP contribution in [0.3, 0.4) is 0 Å². The number of aliphatic hydroxyl groups excluding tert-OH is 1. The van der Waals surface area contributed by atoms with Gasteiger partial charge in [0, 0.05) is 24.1 Å². The minimum Gasteiger partial charge on any atom is -0.396 e. The Bertz CT molecular complexity index is 633. The number of hydrogen-bond donors (Lipinski definition) is 1. The quantitative estimate of drug-likeness (QED) is 0.783. The second kappa shape index (κ2) is 3.15. The van der Waals surface area contributed by atoms with Crippen molar-refractivity contribution < 1.29 is 9.50 Å². The zero-order valence-electron chi connectivity index (χ0n) is 8.48. The SMILES string of the molecule is O=c1ccc2ccc(F)c3c2n1C[C@H]3CO. The average molecular weight is 219 g/mol. The van der Waals surface area contributed by atoms with Crippen molar-refractivity contribution in [2.75, 3.05) is 6.61 Å². The highest BCUT2D eigenvalue weighted by Gasteiger charge is 2.27. The van der Waals surface area contributed by atoms with Crippen LogP contribution < -0.4 is 5.56 Å². The van der Waals surface area contributed by atoms with Gasteiger partial charge in [-0.3, -0.25) is 4.79 Å². The molecule has 1 aliphatic rings. The molecule has 4 heteroatoms. The molecule has 2 aromatic rings. The lowest BCUT2D eigenvalue weighted by atomic mass is 10.0. The van der Waals surface area contributed by atoms with E-state index >= 15 is 0 Å². The van der Waals surface area contributed by atoms with Crippen LogP contribution in [-0.4, -0.2) is 16.3 Å². The first-order chi connectivity index (χ1) is 7.72.